The summed E-state index contributed by atoms with van der Waals surface area (Å²) in [5, 5.41) is 0. The fourth-order valence-electron chi connectivity index (χ4n) is 1.75. The average molecular weight is 193 g/mol. The van der Waals surface area contributed by atoms with E-state index in [1.165, 1.54) is 19.3 Å². The molecule has 1 aliphatic rings. The normalized spacial score (nSPS) is 17.0. The van der Waals surface area contributed by atoms with Crippen molar-refractivity contribution in [1.29, 1.82) is 0 Å². The van der Waals surface area contributed by atoms with Crippen LogP contribution in [-0.4, -0.2) is 24.3 Å². The molecule has 1 aromatic heterocycles. The predicted octanol–water partition coefficient (Wildman–Crippen LogP) is 2.08. The van der Waals surface area contributed by atoms with Crippen LogP contribution in [0.5, 0.6) is 0 Å². The Balaban J connectivity index is 1.92. The molecule has 3 nitrogen and oxygen atoms in total. The van der Waals surface area contributed by atoms with Gasteiger partial charge in [0.05, 0.1) is 6.54 Å². The Bertz CT molecular complexity index is 315. The molecule has 1 aromatic rings. The van der Waals surface area contributed by atoms with E-state index in [-0.39, 0.29) is 0 Å². The molecule has 0 aliphatic heterocycles. The number of nitrogens with zero attached hydrogens (tertiary/aromatic N) is 1. The molecule has 0 amide bonds. The maximum absolute atomic E-state index is 10.4. The zero-order chi connectivity index (χ0) is 9.97. The van der Waals surface area contributed by atoms with Gasteiger partial charge in [0.25, 0.3) is 0 Å². The van der Waals surface area contributed by atoms with Crippen molar-refractivity contribution in [2.24, 2.45) is 0 Å². The minimum Gasteiger partial charge on any atom is -0.457 e. The van der Waals surface area contributed by atoms with E-state index in [9.17, 15) is 4.79 Å². The fraction of sp³-hybridized carbons (Fsp3) is 0.545. The van der Waals surface area contributed by atoms with E-state index in [1.54, 1.807) is 6.07 Å². The standard InChI is InChI=1S/C11H15NO2/c1-12(9-3-2-4-9)7-10-5-6-11(8-13)14-10/h5-6,8-9H,2-4,7H2,1H3. The number of rotatable bonds is 4. The topological polar surface area (TPSA) is 33.5 Å². The van der Waals surface area contributed by atoms with Gasteiger partial charge < -0.3 is 4.42 Å². The molecular weight excluding hydrogens is 178 g/mol. The minimum atomic E-state index is 0.419. The van der Waals surface area contributed by atoms with Gasteiger partial charge in [-0.05, 0) is 32.0 Å². The molecule has 0 aromatic carbocycles. The molecule has 3 heteroatoms. The predicted molar refractivity (Wildman–Crippen MR) is 53.2 cm³/mol. The van der Waals surface area contributed by atoms with Crippen LogP contribution in [0, 0.1) is 0 Å². The first-order valence-corrected chi connectivity index (χ1v) is 5.03. The molecule has 0 atom stereocenters. The highest BCUT2D eigenvalue weighted by atomic mass is 16.3. The quantitative estimate of drug-likeness (QED) is 0.686. The van der Waals surface area contributed by atoms with Crippen LogP contribution >= 0.6 is 0 Å². The monoisotopic (exact) mass is 193 g/mol. The maximum Gasteiger partial charge on any atom is 0.185 e. The Morgan fingerprint density at radius 1 is 1.57 bits per heavy atom. The first kappa shape index (κ1) is 9.46. The lowest BCUT2D eigenvalue weighted by molar-refractivity contribution is 0.109. The zero-order valence-electron chi connectivity index (χ0n) is 8.40. The van der Waals surface area contributed by atoms with Gasteiger partial charge in [0.15, 0.2) is 12.0 Å². The molecule has 0 unspecified atom stereocenters. The molecule has 14 heavy (non-hydrogen) atoms. The van der Waals surface area contributed by atoms with Crippen LogP contribution in [0.1, 0.15) is 35.6 Å². The Kier molecular flexibility index (Phi) is 2.68. The Morgan fingerprint density at radius 3 is 2.86 bits per heavy atom. The Labute approximate surface area is 83.7 Å². The van der Waals surface area contributed by atoms with Crippen molar-refractivity contribution in [3.8, 4) is 0 Å². The van der Waals surface area contributed by atoms with E-state index in [2.05, 4.69) is 11.9 Å². The molecule has 2 rings (SSSR count). The molecular formula is C11H15NO2. The second-order valence-electron chi connectivity index (χ2n) is 3.92. The van der Waals surface area contributed by atoms with Crippen molar-refractivity contribution in [2.45, 2.75) is 31.8 Å². The number of carbonyl (C=O) groups is 1. The SMILES string of the molecule is CN(Cc1ccc(C=O)o1)C1CCC1. The summed E-state index contributed by atoms with van der Waals surface area (Å²) in [5.41, 5.74) is 0. The lowest BCUT2D eigenvalue weighted by Gasteiger charge is -2.34. The number of carbonyl (C=O) groups excluding carboxylic acids is 1. The van der Waals surface area contributed by atoms with Crippen LogP contribution in [0.2, 0.25) is 0 Å². The summed E-state index contributed by atoms with van der Waals surface area (Å²) in [7, 11) is 2.10. The van der Waals surface area contributed by atoms with Gasteiger partial charge in [0.1, 0.15) is 5.76 Å². The maximum atomic E-state index is 10.4. The number of aldehydes is 1. The third-order valence-corrected chi connectivity index (χ3v) is 2.90. The molecule has 0 radical (unpaired) electrons. The highest BCUT2D eigenvalue weighted by Gasteiger charge is 2.22. The average Bonchev–Trinajstić information content (AvgIpc) is 2.48. The smallest absolute Gasteiger partial charge is 0.185 e. The van der Waals surface area contributed by atoms with Gasteiger partial charge >= 0.3 is 0 Å². The van der Waals surface area contributed by atoms with E-state index >= 15 is 0 Å². The summed E-state index contributed by atoms with van der Waals surface area (Å²) in [4.78, 5) is 12.7. The van der Waals surface area contributed by atoms with Crippen LogP contribution in [0.15, 0.2) is 16.5 Å². The molecule has 1 saturated carbocycles. The van der Waals surface area contributed by atoms with Crippen LogP contribution in [0.25, 0.3) is 0 Å². The summed E-state index contributed by atoms with van der Waals surface area (Å²) in [5.74, 6) is 1.29. The highest BCUT2D eigenvalue weighted by molar-refractivity contribution is 5.70. The lowest BCUT2D eigenvalue weighted by atomic mass is 9.92. The van der Waals surface area contributed by atoms with Crippen molar-refractivity contribution in [3.63, 3.8) is 0 Å². The largest absolute Gasteiger partial charge is 0.457 e. The third kappa shape index (κ3) is 1.87. The van der Waals surface area contributed by atoms with Crippen molar-refractivity contribution in [3.05, 3.63) is 23.7 Å². The first-order chi connectivity index (χ1) is 6.79. The van der Waals surface area contributed by atoms with Gasteiger partial charge in [0, 0.05) is 6.04 Å². The second kappa shape index (κ2) is 3.96. The van der Waals surface area contributed by atoms with Gasteiger partial charge in [-0.1, -0.05) is 6.42 Å². The van der Waals surface area contributed by atoms with E-state index in [0.29, 0.717) is 11.8 Å². The molecule has 0 spiro atoms. The van der Waals surface area contributed by atoms with Gasteiger partial charge in [-0.25, -0.2) is 0 Å². The Hall–Kier alpha value is -1.09. The number of hydrogen-bond acceptors (Lipinski definition) is 3. The van der Waals surface area contributed by atoms with Crippen LogP contribution in [0.3, 0.4) is 0 Å². The van der Waals surface area contributed by atoms with Gasteiger partial charge in [-0.3, -0.25) is 9.69 Å². The van der Waals surface area contributed by atoms with E-state index in [4.69, 9.17) is 4.42 Å². The number of furan rings is 1. The van der Waals surface area contributed by atoms with Crippen LogP contribution < -0.4 is 0 Å². The Morgan fingerprint density at radius 2 is 2.36 bits per heavy atom. The number of hydrogen-bond donors (Lipinski definition) is 0. The van der Waals surface area contributed by atoms with E-state index < -0.39 is 0 Å². The van der Waals surface area contributed by atoms with E-state index in [1.807, 2.05) is 6.07 Å². The summed E-state index contributed by atoms with van der Waals surface area (Å²) < 4.78 is 5.31. The lowest BCUT2D eigenvalue weighted by Crippen LogP contribution is -2.36. The van der Waals surface area contributed by atoms with Crippen molar-refractivity contribution < 1.29 is 9.21 Å². The zero-order valence-corrected chi connectivity index (χ0v) is 8.40. The molecule has 0 N–H and O–H groups in total. The van der Waals surface area contributed by atoms with Gasteiger partial charge in [-0.15, -0.1) is 0 Å². The summed E-state index contributed by atoms with van der Waals surface area (Å²) in [6.07, 6.45) is 4.66. The molecule has 1 aliphatic carbocycles. The summed E-state index contributed by atoms with van der Waals surface area (Å²) in [6, 6.07) is 4.30. The minimum absolute atomic E-state index is 0.419. The fourth-order valence-corrected chi connectivity index (χ4v) is 1.75. The molecule has 0 saturated heterocycles. The van der Waals surface area contributed by atoms with Gasteiger partial charge in [0.2, 0.25) is 0 Å². The molecule has 1 fully saturated rings. The van der Waals surface area contributed by atoms with E-state index in [0.717, 1.165) is 18.6 Å². The van der Waals surface area contributed by atoms with Crippen molar-refractivity contribution in [1.82, 2.24) is 4.90 Å². The highest BCUT2D eigenvalue weighted by Crippen LogP contribution is 2.24. The van der Waals surface area contributed by atoms with Crippen LogP contribution in [-0.2, 0) is 6.54 Å². The van der Waals surface area contributed by atoms with Crippen LogP contribution in [0.4, 0.5) is 0 Å². The summed E-state index contributed by atoms with van der Waals surface area (Å²) >= 11 is 0. The van der Waals surface area contributed by atoms with Crippen molar-refractivity contribution in [2.75, 3.05) is 7.05 Å². The first-order valence-electron chi connectivity index (χ1n) is 5.03. The molecule has 76 valence electrons. The van der Waals surface area contributed by atoms with Gasteiger partial charge in [-0.2, -0.15) is 0 Å². The molecule has 0 bridgehead atoms. The molecule has 1 heterocycles. The second-order valence-corrected chi connectivity index (χ2v) is 3.92. The van der Waals surface area contributed by atoms with Crippen molar-refractivity contribution >= 4 is 6.29 Å². The third-order valence-electron chi connectivity index (χ3n) is 2.90. The summed E-state index contributed by atoms with van der Waals surface area (Å²) in [6.45, 7) is 0.804.